The average Bonchev–Trinajstić information content (AvgIpc) is 2.83. The van der Waals surface area contributed by atoms with E-state index in [-0.39, 0.29) is 0 Å². The summed E-state index contributed by atoms with van der Waals surface area (Å²) in [5.41, 5.74) is 1.10. The van der Waals surface area contributed by atoms with Crippen LogP contribution in [0, 0.1) is 0 Å². The van der Waals surface area contributed by atoms with Crippen molar-refractivity contribution in [2.45, 2.75) is 9.37 Å². The van der Waals surface area contributed by atoms with Crippen LogP contribution < -0.4 is 4.57 Å². The van der Waals surface area contributed by atoms with Gasteiger partial charge in [0.15, 0.2) is 10.5 Å². The largest absolute Gasteiger partial charge is 0.240 e. The lowest BCUT2D eigenvalue weighted by Gasteiger charge is -1.97. The zero-order valence-electron chi connectivity index (χ0n) is 10.4. The summed E-state index contributed by atoms with van der Waals surface area (Å²) < 4.78 is 4.55. The van der Waals surface area contributed by atoms with Crippen LogP contribution in [0.4, 0.5) is 0 Å². The molecule has 0 saturated heterocycles. The molecule has 3 aromatic rings. The Morgan fingerprint density at radius 3 is 2.79 bits per heavy atom. The molecule has 0 radical (unpaired) electrons. The number of benzene rings is 1. The summed E-state index contributed by atoms with van der Waals surface area (Å²) in [6, 6.07) is 14.6. The van der Waals surface area contributed by atoms with E-state index < -0.39 is 0 Å². The number of thioether (sulfide) groups is 2. The lowest BCUT2D eigenvalue weighted by molar-refractivity contribution is -0.708. The number of thiazole rings is 1. The van der Waals surface area contributed by atoms with E-state index in [2.05, 4.69) is 53.1 Å². The fraction of sp³-hybridized carbons (Fsp3) is 0.143. The highest BCUT2D eigenvalue weighted by molar-refractivity contribution is 8.16. The van der Waals surface area contributed by atoms with Gasteiger partial charge in [-0.15, -0.1) is 11.3 Å². The molecule has 2 heterocycles. The number of aromatic nitrogens is 2. The Labute approximate surface area is 124 Å². The molecule has 0 spiro atoms. The van der Waals surface area contributed by atoms with E-state index in [1.54, 1.807) is 23.1 Å². The number of nitrogens with zero attached hydrogens (tertiary/aromatic N) is 2. The van der Waals surface area contributed by atoms with Crippen molar-refractivity contribution in [2.24, 2.45) is 7.05 Å². The van der Waals surface area contributed by atoms with E-state index in [9.17, 15) is 0 Å². The van der Waals surface area contributed by atoms with Crippen LogP contribution >= 0.6 is 34.9 Å². The highest BCUT2D eigenvalue weighted by Crippen LogP contribution is 2.32. The number of pyridine rings is 1. The molecular weight excluding hydrogens is 292 g/mol. The number of para-hydroxylation sites is 1. The maximum absolute atomic E-state index is 4.63. The summed E-state index contributed by atoms with van der Waals surface area (Å²) in [6.45, 7) is 0. The molecule has 0 saturated carbocycles. The summed E-state index contributed by atoms with van der Waals surface area (Å²) in [5.74, 6) is 0. The van der Waals surface area contributed by atoms with Gasteiger partial charge in [-0.1, -0.05) is 23.9 Å². The number of fused-ring (bicyclic) bond motifs is 1. The van der Waals surface area contributed by atoms with Gasteiger partial charge in [-0.2, -0.15) is 4.57 Å². The van der Waals surface area contributed by atoms with Crippen molar-refractivity contribution in [3.8, 4) is 0 Å². The van der Waals surface area contributed by atoms with Crippen molar-refractivity contribution < 1.29 is 4.57 Å². The second-order valence-corrected chi connectivity index (χ2v) is 7.62. The second-order valence-electron chi connectivity index (χ2n) is 4.00. The first-order valence-electron chi connectivity index (χ1n) is 5.89. The third kappa shape index (κ3) is 3.11. The zero-order valence-corrected chi connectivity index (χ0v) is 12.9. The van der Waals surface area contributed by atoms with E-state index in [0.29, 0.717) is 0 Å². The topological polar surface area (TPSA) is 16.8 Å². The summed E-state index contributed by atoms with van der Waals surface area (Å²) >= 11 is 5.42. The smallest absolute Gasteiger partial charge is 0.230 e. The van der Waals surface area contributed by atoms with E-state index >= 15 is 0 Å². The van der Waals surface area contributed by atoms with Gasteiger partial charge >= 0.3 is 0 Å². The van der Waals surface area contributed by atoms with Gasteiger partial charge < -0.3 is 0 Å². The molecule has 5 heteroatoms. The van der Waals surface area contributed by atoms with Gasteiger partial charge in [0.2, 0.25) is 5.03 Å². The summed E-state index contributed by atoms with van der Waals surface area (Å²) in [6.07, 6.45) is 2.07. The van der Waals surface area contributed by atoms with Gasteiger partial charge in [0.05, 0.1) is 15.3 Å². The molecule has 0 atom stereocenters. The molecule has 0 aliphatic heterocycles. The average molecular weight is 305 g/mol. The van der Waals surface area contributed by atoms with Crippen molar-refractivity contribution in [1.82, 2.24) is 4.98 Å². The van der Waals surface area contributed by atoms with Crippen molar-refractivity contribution in [3.05, 3.63) is 48.7 Å². The first kappa shape index (κ1) is 13.0. The standard InChI is InChI=1S/C14H13N2S3/c1-16-9-5-4-8-13(16)17-10-18-14-15-11-6-2-3-7-12(11)19-14/h2-9H,10H2,1H3/q+1. The van der Waals surface area contributed by atoms with Gasteiger partial charge in [-0.3, -0.25) is 0 Å². The number of rotatable bonds is 4. The third-order valence-electron chi connectivity index (χ3n) is 2.67. The lowest BCUT2D eigenvalue weighted by Crippen LogP contribution is -2.29. The van der Waals surface area contributed by atoms with Crippen molar-refractivity contribution in [1.29, 1.82) is 0 Å². The fourth-order valence-electron chi connectivity index (χ4n) is 1.71. The molecular formula is C14H13N2S3+. The Bertz CT molecular complexity index is 661. The Morgan fingerprint density at radius 1 is 1.11 bits per heavy atom. The number of aryl methyl sites for hydroxylation is 1. The zero-order chi connectivity index (χ0) is 13.1. The molecule has 0 aliphatic rings. The molecule has 2 nitrogen and oxygen atoms in total. The first-order valence-corrected chi connectivity index (χ1v) is 8.67. The van der Waals surface area contributed by atoms with Crippen LogP contribution in [0.15, 0.2) is 58.0 Å². The van der Waals surface area contributed by atoms with Crippen LogP contribution in [0.25, 0.3) is 10.2 Å². The molecule has 0 fully saturated rings. The molecule has 0 amide bonds. The summed E-state index contributed by atoms with van der Waals surface area (Å²) in [4.78, 5) is 4.63. The minimum atomic E-state index is 0.984. The van der Waals surface area contributed by atoms with Gasteiger partial charge in [-0.25, -0.2) is 4.98 Å². The van der Waals surface area contributed by atoms with Crippen molar-refractivity contribution >= 4 is 45.1 Å². The van der Waals surface area contributed by atoms with Gasteiger partial charge in [0.1, 0.15) is 7.05 Å². The summed E-state index contributed by atoms with van der Waals surface area (Å²) in [7, 11) is 2.07. The number of hydrogen-bond donors (Lipinski definition) is 0. The van der Waals surface area contributed by atoms with Crippen molar-refractivity contribution in [3.63, 3.8) is 0 Å². The SMILES string of the molecule is C[n+]1ccccc1SCSc1nc2ccccc2s1. The van der Waals surface area contributed by atoms with Crippen LogP contribution in [0.5, 0.6) is 0 Å². The van der Waals surface area contributed by atoms with Crippen LogP contribution in [-0.2, 0) is 7.05 Å². The molecule has 0 aliphatic carbocycles. The predicted octanol–water partition coefficient (Wildman–Crippen LogP) is 3.96. The minimum absolute atomic E-state index is 0.984. The Morgan fingerprint density at radius 2 is 1.95 bits per heavy atom. The third-order valence-corrected chi connectivity index (χ3v) is 6.11. The Hall–Kier alpha value is -1.04. The Balaban J connectivity index is 1.65. The molecule has 1 aromatic carbocycles. The van der Waals surface area contributed by atoms with Crippen LogP contribution in [0.3, 0.4) is 0 Å². The molecule has 3 rings (SSSR count). The van der Waals surface area contributed by atoms with E-state index in [1.165, 1.54) is 9.73 Å². The highest BCUT2D eigenvalue weighted by atomic mass is 32.2. The molecule has 2 aromatic heterocycles. The molecule has 0 unspecified atom stereocenters. The second kappa shape index (κ2) is 5.94. The minimum Gasteiger partial charge on any atom is -0.230 e. The maximum atomic E-state index is 4.63. The van der Waals surface area contributed by atoms with Crippen molar-refractivity contribution in [2.75, 3.05) is 5.08 Å². The van der Waals surface area contributed by atoms with E-state index in [0.717, 1.165) is 14.9 Å². The number of hydrogen-bond acceptors (Lipinski definition) is 4. The van der Waals surface area contributed by atoms with Gasteiger partial charge in [0.25, 0.3) is 0 Å². The van der Waals surface area contributed by atoms with Crippen LogP contribution in [0.1, 0.15) is 0 Å². The quantitative estimate of drug-likeness (QED) is 0.412. The van der Waals surface area contributed by atoms with E-state index in [1.807, 2.05) is 23.9 Å². The maximum Gasteiger partial charge on any atom is 0.240 e. The normalized spacial score (nSPS) is 11.0. The highest BCUT2D eigenvalue weighted by Gasteiger charge is 2.08. The fourth-order valence-corrected chi connectivity index (χ4v) is 5.07. The molecule has 0 bridgehead atoms. The molecule has 19 heavy (non-hydrogen) atoms. The van der Waals surface area contributed by atoms with E-state index in [4.69, 9.17) is 0 Å². The van der Waals surface area contributed by atoms with Crippen LogP contribution in [0.2, 0.25) is 0 Å². The van der Waals surface area contributed by atoms with Crippen LogP contribution in [-0.4, -0.2) is 10.1 Å². The van der Waals surface area contributed by atoms with Gasteiger partial charge in [-0.05, 0) is 30.0 Å². The summed E-state index contributed by atoms with van der Waals surface area (Å²) in [5, 5.41) is 2.26. The molecule has 96 valence electrons. The monoisotopic (exact) mass is 305 g/mol. The molecule has 0 N–H and O–H groups in total. The predicted molar refractivity (Wildman–Crippen MR) is 83.8 cm³/mol. The first-order chi connectivity index (χ1) is 9.33. The Kier molecular flexibility index (Phi) is 4.06. The van der Waals surface area contributed by atoms with Gasteiger partial charge in [0, 0.05) is 12.1 Å². The lowest BCUT2D eigenvalue weighted by atomic mass is 10.3.